The summed E-state index contributed by atoms with van der Waals surface area (Å²) < 4.78 is 0. The number of fused-ring (bicyclic) bond motifs is 3. The number of hydrogen-bond donors (Lipinski definition) is 0. The lowest BCUT2D eigenvalue weighted by molar-refractivity contribution is -0.384. The van der Waals surface area contributed by atoms with Crippen molar-refractivity contribution in [2.24, 2.45) is 16.9 Å². The number of amides is 2. The zero-order valence-electron chi connectivity index (χ0n) is 17.9. The summed E-state index contributed by atoms with van der Waals surface area (Å²) in [5.74, 6) is -3.04. The molecule has 3 heterocycles. The largest absolute Gasteiger partial charge is 0.292 e. The lowest BCUT2D eigenvalue weighted by atomic mass is 9.86. The van der Waals surface area contributed by atoms with Crippen LogP contribution >= 0.6 is 0 Å². The molecule has 0 radical (unpaired) electrons. The molecule has 4 atom stereocenters. The molecule has 2 saturated heterocycles. The summed E-state index contributed by atoms with van der Waals surface area (Å²) >= 11 is 0. The molecule has 2 fully saturated rings. The molecule has 2 aromatic rings. The van der Waals surface area contributed by atoms with Gasteiger partial charge in [0.1, 0.15) is 6.04 Å². The number of carbonyl (C=O) groups excluding carboxylic acids is 3. The Balaban J connectivity index is 1.59. The van der Waals surface area contributed by atoms with Crippen LogP contribution in [0.1, 0.15) is 21.5 Å². The molecule has 5 rings (SSSR count). The second-order valence-electron chi connectivity index (χ2n) is 8.49. The molecule has 0 spiro atoms. The number of Topliss-reactive ketones (excluding diaryl/α,β-unsaturated/α-hetero) is 1. The average Bonchev–Trinajstić information content (AvgIpc) is 3.27. The van der Waals surface area contributed by atoms with Crippen molar-refractivity contribution >= 4 is 35.2 Å². The van der Waals surface area contributed by atoms with Gasteiger partial charge in [-0.1, -0.05) is 35.9 Å². The minimum Gasteiger partial charge on any atom is -0.292 e. The third-order valence-electron chi connectivity index (χ3n) is 6.49. The molecule has 166 valence electrons. The number of nitro benzene ring substituents is 1. The lowest BCUT2D eigenvalue weighted by Gasteiger charge is -2.30. The number of ketones is 1. The molecule has 0 aliphatic carbocycles. The van der Waals surface area contributed by atoms with Gasteiger partial charge in [0.05, 0.1) is 28.5 Å². The molecule has 9 heteroatoms. The van der Waals surface area contributed by atoms with Gasteiger partial charge in [-0.2, -0.15) is 5.10 Å². The van der Waals surface area contributed by atoms with Crippen LogP contribution in [0.25, 0.3) is 0 Å². The molecule has 3 aliphatic heterocycles. The zero-order chi connectivity index (χ0) is 23.4. The summed E-state index contributed by atoms with van der Waals surface area (Å²) in [7, 11) is 0. The molecule has 0 saturated carbocycles. The number of nitrogens with zero attached hydrogens (tertiary/aromatic N) is 4. The number of non-ortho nitro benzene ring substituents is 1. The molecule has 0 unspecified atom stereocenters. The van der Waals surface area contributed by atoms with Gasteiger partial charge in [0, 0.05) is 23.9 Å². The number of carbonyl (C=O) groups is 3. The van der Waals surface area contributed by atoms with E-state index < -0.39 is 40.5 Å². The first-order chi connectivity index (χ1) is 15.8. The molecule has 2 aromatic carbocycles. The molecule has 2 amide bonds. The number of benzene rings is 2. The van der Waals surface area contributed by atoms with Crippen LogP contribution in [0.4, 0.5) is 11.4 Å². The normalized spacial score (nSPS) is 25.4. The summed E-state index contributed by atoms with van der Waals surface area (Å²) in [6, 6.07) is 9.26. The van der Waals surface area contributed by atoms with Crippen molar-refractivity contribution in [3.8, 4) is 0 Å². The summed E-state index contributed by atoms with van der Waals surface area (Å²) in [5, 5.41) is 17.0. The highest BCUT2D eigenvalue weighted by Gasteiger charge is 2.64. The van der Waals surface area contributed by atoms with Crippen LogP contribution in [-0.4, -0.2) is 45.8 Å². The molecular formula is C24H20N4O5. The standard InChI is InChI=1S/C24H20N4O5/c1-13-8-9-17(14(2)11-13)26-23(30)19-18-7-4-10-25-27(18)21(20(19)24(26)31)22(29)15-5-3-6-16(12-15)28(32)33/h3-12,18-21H,1-2H3/t18-,19-,20-,21+/m1/s1. The quantitative estimate of drug-likeness (QED) is 0.310. The topological polar surface area (TPSA) is 113 Å². The second-order valence-corrected chi connectivity index (χ2v) is 8.49. The van der Waals surface area contributed by atoms with Gasteiger partial charge in [-0.05, 0) is 31.6 Å². The number of rotatable bonds is 4. The second kappa shape index (κ2) is 7.47. The van der Waals surface area contributed by atoms with Crippen molar-refractivity contribution in [1.29, 1.82) is 0 Å². The maximum absolute atomic E-state index is 13.6. The molecule has 3 aliphatic rings. The maximum atomic E-state index is 13.6. The SMILES string of the molecule is Cc1ccc(N2C(=O)[C@@H]3[C@H](C2=O)[C@H]2C=CC=NN2[C@@H]3C(=O)c2cccc([N+](=O)[O-])c2)c(C)c1. The van der Waals surface area contributed by atoms with Gasteiger partial charge in [-0.3, -0.25) is 29.5 Å². The van der Waals surface area contributed by atoms with Gasteiger partial charge < -0.3 is 0 Å². The lowest BCUT2D eigenvalue weighted by Crippen LogP contribution is -2.46. The number of nitro groups is 1. The third-order valence-corrected chi connectivity index (χ3v) is 6.49. The Bertz CT molecular complexity index is 1280. The monoisotopic (exact) mass is 444 g/mol. The number of imide groups is 1. The van der Waals surface area contributed by atoms with Crippen LogP contribution in [-0.2, 0) is 9.59 Å². The van der Waals surface area contributed by atoms with Crippen molar-refractivity contribution in [2.75, 3.05) is 4.90 Å². The first-order valence-electron chi connectivity index (χ1n) is 10.5. The Kier molecular flexibility index (Phi) is 4.70. The Labute approximate surface area is 189 Å². The Morgan fingerprint density at radius 2 is 1.82 bits per heavy atom. The minimum atomic E-state index is -1.05. The van der Waals surface area contributed by atoms with Crippen LogP contribution in [0.15, 0.2) is 59.7 Å². The van der Waals surface area contributed by atoms with Gasteiger partial charge >= 0.3 is 0 Å². The third kappa shape index (κ3) is 3.07. The van der Waals surface area contributed by atoms with Crippen LogP contribution in [0, 0.1) is 35.8 Å². The summed E-state index contributed by atoms with van der Waals surface area (Å²) in [6.07, 6.45) is 4.96. The van der Waals surface area contributed by atoms with E-state index in [4.69, 9.17) is 0 Å². The highest BCUT2D eigenvalue weighted by molar-refractivity contribution is 6.25. The number of aryl methyl sites for hydroxylation is 2. The highest BCUT2D eigenvalue weighted by atomic mass is 16.6. The predicted molar refractivity (Wildman–Crippen MR) is 120 cm³/mol. The van der Waals surface area contributed by atoms with E-state index in [1.165, 1.54) is 40.4 Å². The Morgan fingerprint density at radius 3 is 2.55 bits per heavy atom. The first kappa shape index (κ1) is 20.7. The van der Waals surface area contributed by atoms with Crippen LogP contribution in [0.3, 0.4) is 0 Å². The number of anilines is 1. The van der Waals surface area contributed by atoms with Crippen molar-refractivity contribution in [1.82, 2.24) is 5.01 Å². The van der Waals surface area contributed by atoms with Crippen LogP contribution in [0.2, 0.25) is 0 Å². The summed E-state index contributed by atoms with van der Waals surface area (Å²) in [5.41, 5.74) is 2.17. The average molecular weight is 444 g/mol. The molecule has 33 heavy (non-hydrogen) atoms. The summed E-state index contributed by atoms with van der Waals surface area (Å²) in [6.45, 7) is 3.76. The Morgan fingerprint density at radius 1 is 1.06 bits per heavy atom. The van der Waals surface area contributed by atoms with Crippen LogP contribution < -0.4 is 4.90 Å². The van der Waals surface area contributed by atoms with Gasteiger partial charge in [0.25, 0.3) is 5.69 Å². The van der Waals surface area contributed by atoms with E-state index in [1.807, 2.05) is 26.0 Å². The van der Waals surface area contributed by atoms with Gasteiger partial charge in [-0.25, -0.2) is 4.90 Å². The molecule has 0 aromatic heterocycles. The molecule has 0 bridgehead atoms. The fourth-order valence-electron chi connectivity index (χ4n) is 5.07. The fourth-order valence-corrected chi connectivity index (χ4v) is 5.07. The number of hydrogen-bond acceptors (Lipinski definition) is 7. The van der Waals surface area contributed by atoms with E-state index >= 15 is 0 Å². The Hall–Kier alpha value is -4.14. The molecular weight excluding hydrogens is 424 g/mol. The van der Waals surface area contributed by atoms with Crippen molar-refractivity contribution in [2.45, 2.75) is 25.9 Å². The van der Waals surface area contributed by atoms with E-state index in [1.54, 1.807) is 18.2 Å². The first-order valence-corrected chi connectivity index (χ1v) is 10.5. The molecule has 0 N–H and O–H groups in total. The van der Waals surface area contributed by atoms with Crippen molar-refractivity contribution < 1.29 is 19.3 Å². The van der Waals surface area contributed by atoms with Gasteiger partial charge in [-0.15, -0.1) is 0 Å². The smallest absolute Gasteiger partial charge is 0.270 e. The van der Waals surface area contributed by atoms with Gasteiger partial charge in [0.15, 0.2) is 5.78 Å². The number of allylic oxidation sites excluding steroid dienone is 1. The minimum absolute atomic E-state index is 0.101. The molecule has 9 nitrogen and oxygen atoms in total. The van der Waals surface area contributed by atoms with Crippen LogP contribution in [0.5, 0.6) is 0 Å². The number of hydrazone groups is 1. The fraction of sp³-hybridized carbons (Fsp3) is 0.250. The van der Waals surface area contributed by atoms with Crippen molar-refractivity contribution in [3.05, 3.63) is 81.4 Å². The van der Waals surface area contributed by atoms with Gasteiger partial charge in [0.2, 0.25) is 11.8 Å². The van der Waals surface area contributed by atoms with E-state index in [0.29, 0.717) is 5.69 Å². The summed E-state index contributed by atoms with van der Waals surface area (Å²) in [4.78, 5) is 52.6. The predicted octanol–water partition coefficient (Wildman–Crippen LogP) is 2.81. The van der Waals surface area contributed by atoms with E-state index in [2.05, 4.69) is 5.10 Å². The van der Waals surface area contributed by atoms with E-state index in [9.17, 15) is 24.5 Å². The maximum Gasteiger partial charge on any atom is 0.270 e. The van der Waals surface area contributed by atoms with E-state index in [-0.39, 0.29) is 17.2 Å². The highest BCUT2D eigenvalue weighted by Crippen LogP contribution is 2.46. The zero-order valence-corrected chi connectivity index (χ0v) is 17.9. The van der Waals surface area contributed by atoms with Crippen molar-refractivity contribution in [3.63, 3.8) is 0 Å². The van der Waals surface area contributed by atoms with E-state index in [0.717, 1.165) is 11.1 Å².